The Labute approximate surface area is 118 Å². The van der Waals surface area contributed by atoms with Crippen LogP contribution in [0.5, 0.6) is 0 Å². The first-order chi connectivity index (χ1) is 9.76. The molecule has 0 bridgehead atoms. The molecule has 0 amide bonds. The van der Waals surface area contributed by atoms with Crippen LogP contribution in [0.2, 0.25) is 0 Å². The first-order valence-corrected chi connectivity index (χ1v) is 6.99. The summed E-state index contributed by atoms with van der Waals surface area (Å²) in [7, 11) is 2.18. The van der Waals surface area contributed by atoms with Crippen molar-refractivity contribution in [2.24, 2.45) is 11.8 Å². The van der Waals surface area contributed by atoms with E-state index in [0.29, 0.717) is 11.7 Å². The zero-order valence-corrected chi connectivity index (χ0v) is 11.7. The number of nitrogens with zero attached hydrogens (tertiary/aromatic N) is 4. The van der Waals surface area contributed by atoms with Gasteiger partial charge in [-0.1, -0.05) is 0 Å². The van der Waals surface area contributed by atoms with E-state index in [1.165, 1.54) is 25.9 Å². The third-order valence-electron chi connectivity index (χ3n) is 3.92. The lowest BCUT2D eigenvalue weighted by Crippen LogP contribution is -2.33. The lowest BCUT2D eigenvalue weighted by atomic mass is 9.97. The van der Waals surface area contributed by atoms with Gasteiger partial charge in [0.1, 0.15) is 0 Å². The van der Waals surface area contributed by atoms with Gasteiger partial charge < -0.3 is 20.0 Å². The van der Waals surface area contributed by atoms with Crippen LogP contribution in [-0.4, -0.2) is 46.0 Å². The summed E-state index contributed by atoms with van der Waals surface area (Å²) >= 11 is 0. The molecule has 2 aromatic heterocycles. The molecule has 0 unspecified atom stereocenters. The van der Waals surface area contributed by atoms with Gasteiger partial charge in [-0.15, -0.1) is 0 Å². The van der Waals surface area contributed by atoms with Crippen molar-refractivity contribution in [1.29, 1.82) is 0 Å². The van der Waals surface area contributed by atoms with Crippen LogP contribution in [-0.2, 0) is 0 Å². The van der Waals surface area contributed by atoms with Gasteiger partial charge in [-0.05, 0) is 38.9 Å². The molecule has 7 nitrogen and oxygen atoms in total. The van der Waals surface area contributed by atoms with E-state index in [0.717, 1.165) is 18.0 Å². The maximum absolute atomic E-state index is 5.45. The smallest absolute Gasteiger partial charge is 0.180 e. The molecule has 1 aliphatic heterocycles. The van der Waals surface area contributed by atoms with Crippen LogP contribution in [0.1, 0.15) is 12.8 Å². The molecule has 3 heterocycles. The number of nitrogens with two attached hydrogens (primary N) is 1. The van der Waals surface area contributed by atoms with E-state index in [1.807, 2.05) is 16.8 Å². The summed E-state index contributed by atoms with van der Waals surface area (Å²) in [6, 6.07) is 0. The number of hydrazine groups is 1. The number of imidazole rings is 1. The quantitative estimate of drug-likeness (QED) is 0.564. The van der Waals surface area contributed by atoms with Crippen LogP contribution in [0.25, 0.3) is 5.65 Å². The molecule has 1 saturated heterocycles. The zero-order chi connectivity index (χ0) is 13.9. The fraction of sp³-hybridized carbons (Fsp3) is 0.538. The molecule has 0 atom stereocenters. The fourth-order valence-electron chi connectivity index (χ4n) is 2.63. The van der Waals surface area contributed by atoms with Crippen molar-refractivity contribution in [3.05, 3.63) is 18.6 Å². The Hall–Kier alpha value is -1.86. The molecule has 0 aromatic carbocycles. The molecule has 108 valence electrons. The Kier molecular flexibility index (Phi) is 3.70. The maximum atomic E-state index is 5.45. The third kappa shape index (κ3) is 2.68. The zero-order valence-electron chi connectivity index (χ0n) is 11.7. The number of nitrogens with one attached hydrogen (secondary N) is 2. The molecule has 4 N–H and O–H groups in total. The van der Waals surface area contributed by atoms with Crippen molar-refractivity contribution in [2.75, 3.05) is 37.4 Å². The topological polar surface area (TPSA) is 83.5 Å². The number of aromatic nitrogens is 3. The maximum Gasteiger partial charge on any atom is 0.180 e. The van der Waals surface area contributed by atoms with Gasteiger partial charge in [0.05, 0.1) is 6.20 Å². The summed E-state index contributed by atoms with van der Waals surface area (Å²) in [6.45, 7) is 3.27. The highest BCUT2D eigenvalue weighted by Gasteiger charge is 2.17. The summed E-state index contributed by atoms with van der Waals surface area (Å²) in [5.41, 5.74) is 3.42. The normalized spacial score (nSPS) is 17.5. The number of fused-ring (bicyclic) bond motifs is 1. The fourth-order valence-corrected chi connectivity index (χ4v) is 2.63. The number of nitrogen functional groups attached to an aromatic ring is 1. The Morgan fingerprint density at radius 3 is 2.95 bits per heavy atom. The van der Waals surface area contributed by atoms with E-state index >= 15 is 0 Å². The molecule has 3 rings (SSSR count). The van der Waals surface area contributed by atoms with Gasteiger partial charge in [0.2, 0.25) is 0 Å². The van der Waals surface area contributed by atoms with Crippen LogP contribution in [0.4, 0.5) is 11.6 Å². The Bertz CT molecular complexity index is 571. The number of likely N-dealkylation sites (tertiary alicyclic amines) is 1. The van der Waals surface area contributed by atoms with Crippen molar-refractivity contribution in [3.8, 4) is 0 Å². The molecular formula is C13H21N7. The van der Waals surface area contributed by atoms with Crippen molar-refractivity contribution in [1.82, 2.24) is 19.3 Å². The predicted octanol–water partition coefficient (Wildman–Crippen LogP) is 0.769. The van der Waals surface area contributed by atoms with Crippen LogP contribution in [0, 0.1) is 5.92 Å². The van der Waals surface area contributed by atoms with E-state index in [1.54, 1.807) is 6.20 Å². The molecule has 0 saturated carbocycles. The minimum Gasteiger partial charge on any atom is -0.367 e. The first kappa shape index (κ1) is 13.1. The summed E-state index contributed by atoms with van der Waals surface area (Å²) in [4.78, 5) is 11.2. The number of piperidine rings is 1. The Morgan fingerprint density at radius 1 is 1.40 bits per heavy atom. The van der Waals surface area contributed by atoms with Gasteiger partial charge in [0, 0.05) is 18.9 Å². The van der Waals surface area contributed by atoms with E-state index in [9.17, 15) is 0 Å². The molecule has 2 aromatic rings. The SMILES string of the molecule is CN1CCC(CNc2nc(NN)cn3ccnc23)CC1. The van der Waals surface area contributed by atoms with Gasteiger partial charge in [0.25, 0.3) is 0 Å². The van der Waals surface area contributed by atoms with Gasteiger partial charge in [0.15, 0.2) is 17.3 Å². The van der Waals surface area contributed by atoms with Crippen molar-refractivity contribution in [2.45, 2.75) is 12.8 Å². The Balaban J connectivity index is 1.71. The second-order valence-corrected chi connectivity index (χ2v) is 5.40. The monoisotopic (exact) mass is 275 g/mol. The largest absolute Gasteiger partial charge is 0.367 e. The van der Waals surface area contributed by atoms with Crippen molar-refractivity contribution in [3.63, 3.8) is 0 Å². The van der Waals surface area contributed by atoms with Gasteiger partial charge in [-0.3, -0.25) is 0 Å². The van der Waals surface area contributed by atoms with E-state index in [4.69, 9.17) is 5.84 Å². The van der Waals surface area contributed by atoms with Crippen molar-refractivity contribution >= 4 is 17.3 Å². The number of anilines is 2. The average Bonchev–Trinajstić information content (AvgIpc) is 2.94. The molecule has 1 fully saturated rings. The van der Waals surface area contributed by atoms with E-state index in [2.05, 4.69) is 32.7 Å². The lowest BCUT2D eigenvalue weighted by Gasteiger charge is -2.29. The minimum atomic E-state index is 0.626. The lowest BCUT2D eigenvalue weighted by molar-refractivity contribution is 0.226. The van der Waals surface area contributed by atoms with Gasteiger partial charge in [-0.2, -0.15) is 0 Å². The van der Waals surface area contributed by atoms with Gasteiger partial charge in [-0.25, -0.2) is 15.8 Å². The Morgan fingerprint density at radius 2 is 2.20 bits per heavy atom. The predicted molar refractivity (Wildman–Crippen MR) is 79.5 cm³/mol. The average molecular weight is 275 g/mol. The molecule has 7 heteroatoms. The molecule has 0 aliphatic carbocycles. The molecule has 1 aliphatic rings. The first-order valence-electron chi connectivity index (χ1n) is 6.99. The highest BCUT2D eigenvalue weighted by Crippen LogP contribution is 2.19. The summed E-state index contributed by atoms with van der Waals surface area (Å²) < 4.78 is 1.92. The van der Waals surface area contributed by atoms with Crippen LogP contribution >= 0.6 is 0 Å². The number of hydrogen-bond acceptors (Lipinski definition) is 6. The standard InChI is InChI=1S/C13H21N7/c1-19-5-2-10(3-6-19)8-16-12-13-15-4-7-20(13)9-11(17-12)18-14/h4,7,9-10,18H,2-3,5-6,8,14H2,1H3,(H,16,17). The van der Waals surface area contributed by atoms with E-state index in [-0.39, 0.29) is 0 Å². The second kappa shape index (κ2) is 5.64. The highest BCUT2D eigenvalue weighted by atomic mass is 15.3. The van der Waals surface area contributed by atoms with Crippen LogP contribution in [0.15, 0.2) is 18.6 Å². The minimum absolute atomic E-state index is 0.626. The number of hydrogen-bond donors (Lipinski definition) is 3. The molecular weight excluding hydrogens is 254 g/mol. The molecule has 0 spiro atoms. The summed E-state index contributed by atoms with van der Waals surface area (Å²) in [5, 5.41) is 3.42. The molecule has 20 heavy (non-hydrogen) atoms. The van der Waals surface area contributed by atoms with Crippen LogP contribution in [0.3, 0.4) is 0 Å². The van der Waals surface area contributed by atoms with E-state index < -0.39 is 0 Å². The molecule has 0 radical (unpaired) electrons. The van der Waals surface area contributed by atoms with Crippen LogP contribution < -0.4 is 16.6 Å². The van der Waals surface area contributed by atoms with Gasteiger partial charge >= 0.3 is 0 Å². The third-order valence-corrected chi connectivity index (χ3v) is 3.92. The summed E-state index contributed by atoms with van der Waals surface area (Å²) in [5.74, 6) is 7.55. The second-order valence-electron chi connectivity index (χ2n) is 5.40. The number of rotatable bonds is 4. The summed E-state index contributed by atoms with van der Waals surface area (Å²) in [6.07, 6.45) is 7.92. The highest BCUT2D eigenvalue weighted by molar-refractivity contribution is 5.65. The van der Waals surface area contributed by atoms with Crippen molar-refractivity contribution < 1.29 is 0 Å².